The number of piperazine rings is 1. The third kappa shape index (κ3) is 3.49. The molecule has 0 saturated carbocycles. The number of piperidine rings is 1. The van der Waals surface area contributed by atoms with E-state index < -0.39 is 5.54 Å². The van der Waals surface area contributed by atoms with E-state index in [9.17, 15) is 9.59 Å². The van der Waals surface area contributed by atoms with Crippen molar-refractivity contribution in [3.05, 3.63) is 30.1 Å². The van der Waals surface area contributed by atoms with Crippen LogP contribution in [0.1, 0.15) is 45.9 Å². The summed E-state index contributed by atoms with van der Waals surface area (Å²) in [6.45, 7) is 9.02. The van der Waals surface area contributed by atoms with Gasteiger partial charge in [0.05, 0.1) is 17.6 Å². The summed E-state index contributed by atoms with van der Waals surface area (Å²) in [7, 11) is 2.05. The van der Waals surface area contributed by atoms with E-state index in [1.807, 2.05) is 30.0 Å². The van der Waals surface area contributed by atoms with Crippen molar-refractivity contribution in [3.63, 3.8) is 0 Å². The van der Waals surface area contributed by atoms with Crippen LogP contribution in [-0.2, 0) is 23.2 Å². The number of likely N-dealkylation sites (N-methyl/N-ethyl adjacent to an activating group) is 1. The van der Waals surface area contributed by atoms with E-state index in [-0.39, 0.29) is 17.9 Å². The number of amides is 2. The number of carbonyl (C=O) groups is 2. The maximum absolute atomic E-state index is 13.2. The van der Waals surface area contributed by atoms with Crippen molar-refractivity contribution < 1.29 is 9.59 Å². The maximum atomic E-state index is 13.2. The highest BCUT2D eigenvalue weighted by molar-refractivity contribution is 6.00. The van der Waals surface area contributed by atoms with Crippen LogP contribution in [0, 0.1) is 5.92 Å². The molecule has 7 heteroatoms. The number of hydrogen-bond acceptors (Lipinski definition) is 4. The molecule has 7 nitrogen and oxygen atoms in total. The fourth-order valence-electron chi connectivity index (χ4n) is 5.08. The van der Waals surface area contributed by atoms with E-state index >= 15 is 0 Å². The first kappa shape index (κ1) is 20.8. The lowest BCUT2D eigenvalue weighted by molar-refractivity contribution is -0.161. The number of rotatable bonds is 5. The molecule has 1 N–H and O–H groups in total. The van der Waals surface area contributed by atoms with Gasteiger partial charge in [0, 0.05) is 26.7 Å². The molecule has 1 spiro atoms. The number of nitrogens with zero attached hydrogens (tertiary/aromatic N) is 4. The molecule has 2 aliphatic rings. The number of aromatic nitrogens is 2. The lowest BCUT2D eigenvalue weighted by Crippen LogP contribution is -2.72. The molecule has 2 saturated heterocycles. The lowest BCUT2D eigenvalue weighted by atomic mass is 9.81. The van der Waals surface area contributed by atoms with Gasteiger partial charge in [0.2, 0.25) is 11.8 Å². The molecule has 1 aromatic carbocycles. The summed E-state index contributed by atoms with van der Waals surface area (Å²) in [5, 5.41) is 3.05. The fraction of sp³-hybridized carbons (Fsp3) is 0.609. The molecule has 2 aliphatic heterocycles. The summed E-state index contributed by atoms with van der Waals surface area (Å²) in [6, 6.07) is 7.77. The predicted octanol–water partition coefficient (Wildman–Crippen LogP) is 2.30. The van der Waals surface area contributed by atoms with Crippen LogP contribution in [0.2, 0.25) is 0 Å². The quantitative estimate of drug-likeness (QED) is 0.820. The molecule has 1 aromatic heterocycles. The molecule has 0 bridgehead atoms. The monoisotopic (exact) mass is 411 g/mol. The average molecular weight is 412 g/mol. The molecule has 0 radical (unpaired) electrons. The van der Waals surface area contributed by atoms with Crippen LogP contribution in [0.15, 0.2) is 24.3 Å². The first-order chi connectivity index (χ1) is 14.4. The summed E-state index contributed by atoms with van der Waals surface area (Å²) < 4.78 is 2.14. The first-order valence-corrected chi connectivity index (χ1v) is 11.1. The normalized spacial score (nSPS) is 22.3. The zero-order valence-electron chi connectivity index (χ0n) is 18.5. The van der Waals surface area contributed by atoms with Gasteiger partial charge in [-0.15, -0.1) is 0 Å². The summed E-state index contributed by atoms with van der Waals surface area (Å²) in [6.07, 6.45) is 2.02. The highest BCUT2D eigenvalue weighted by atomic mass is 16.2. The smallest absolute Gasteiger partial charge is 0.246 e. The molecular formula is C23H33N5O2. The van der Waals surface area contributed by atoms with Crippen molar-refractivity contribution >= 4 is 22.8 Å². The van der Waals surface area contributed by atoms with Crippen molar-refractivity contribution in [2.45, 2.75) is 58.2 Å². The number of hydrogen-bond donors (Lipinski definition) is 1. The van der Waals surface area contributed by atoms with Crippen LogP contribution in [0.3, 0.4) is 0 Å². The van der Waals surface area contributed by atoms with Crippen molar-refractivity contribution in [1.82, 2.24) is 24.7 Å². The van der Waals surface area contributed by atoms with Gasteiger partial charge in [-0.25, -0.2) is 4.98 Å². The van der Waals surface area contributed by atoms with E-state index in [1.165, 1.54) is 0 Å². The molecule has 1 unspecified atom stereocenters. The summed E-state index contributed by atoms with van der Waals surface area (Å²) in [4.78, 5) is 35.3. The molecule has 1 atom stereocenters. The van der Waals surface area contributed by atoms with Crippen molar-refractivity contribution in [2.75, 3.05) is 19.6 Å². The van der Waals surface area contributed by atoms with Crippen LogP contribution < -0.4 is 5.32 Å². The molecule has 2 amide bonds. The second kappa shape index (κ2) is 8.02. The number of imidazole rings is 1. The van der Waals surface area contributed by atoms with Gasteiger partial charge >= 0.3 is 0 Å². The largest absolute Gasteiger partial charge is 0.342 e. The van der Waals surface area contributed by atoms with Gasteiger partial charge in [0.15, 0.2) is 0 Å². The number of likely N-dealkylation sites (tertiary alicyclic amines) is 1. The third-order valence-corrected chi connectivity index (χ3v) is 6.76. The molecule has 2 aromatic rings. The summed E-state index contributed by atoms with van der Waals surface area (Å²) >= 11 is 0. The van der Waals surface area contributed by atoms with Crippen LogP contribution >= 0.6 is 0 Å². The van der Waals surface area contributed by atoms with Crippen LogP contribution in [-0.4, -0.2) is 62.4 Å². The molecule has 3 heterocycles. The van der Waals surface area contributed by atoms with E-state index in [2.05, 4.69) is 41.7 Å². The van der Waals surface area contributed by atoms with Crippen LogP contribution in [0.5, 0.6) is 0 Å². The number of nitrogens with one attached hydrogen (secondary N) is 1. The van der Waals surface area contributed by atoms with Crippen molar-refractivity contribution in [1.29, 1.82) is 0 Å². The lowest BCUT2D eigenvalue weighted by Gasteiger charge is -2.51. The van der Waals surface area contributed by atoms with E-state index in [4.69, 9.17) is 4.98 Å². The van der Waals surface area contributed by atoms with E-state index in [0.29, 0.717) is 31.7 Å². The number of benzene rings is 1. The Kier molecular flexibility index (Phi) is 5.57. The summed E-state index contributed by atoms with van der Waals surface area (Å²) in [5.41, 5.74) is 1.43. The number of aryl methyl sites for hydroxylation is 1. The van der Waals surface area contributed by atoms with Gasteiger partial charge in [-0.2, -0.15) is 0 Å². The van der Waals surface area contributed by atoms with Crippen LogP contribution in [0.25, 0.3) is 11.0 Å². The van der Waals surface area contributed by atoms with Gasteiger partial charge in [-0.05, 0) is 44.2 Å². The Bertz CT molecular complexity index is 942. The van der Waals surface area contributed by atoms with E-state index in [0.717, 1.165) is 36.5 Å². The molecule has 162 valence electrons. The van der Waals surface area contributed by atoms with Crippen LogP contribution in [0.4, 0.5) is 0 Å². The minimum Gasteiger partial charge on any atom is -0.342 e. The Morgan fingerprint density at radius 2 is 1.90 bits per heavy atom. The highest BCUT2D eigenvalue weighted by Gasteiger charge is 2.53. The van der Waals surface area contributed by atoms with Gasteiger partial charge in [0.1, 0.15) is 17.4 Å². The second-order valence-corrected chi connectivity index (χ2v) is 9.12. The predicted molar refractivity (Wildman–Crippen MR) is 117 cm³/mol. The van der Waals surface area contributed by atoms with Gasteiger partial charge in [-0.3, -0.25) is 14.5 Å². The number of carbonyl (C=O) groups excluding carboxylic acids is 2. The highest BCUT2D eigenvalue weighted by Crippen LogP contribution is 2.34. The zero-order chi connectivity index (χ0) is 21.5. The van der Waals surface area contributed by atoms with Crippen molar-refractivity contribution in [3.8, 4) is 0 Å². The molecule has 0 aliphatic carbocycles. The molecular weight excluding hydrogens is 378 g/mol. The molecule has 2 fully saturated rings. The number of fused-ring (bicyclic) bond motifs is 1. The van der Waals surface area contributed by atoms with Crippen molar-refractivity contribution in [2.24, 2.45) is 13.0 Å². The Hall–Kier alpha value is -2.41. The maximum Gasteiger partial charge on any atom is 0.246 e. The average Bonchev–Trinajstić information content (AvgIpc) is 3.03. The Balaban J connectivity index is 1.47. The Morgan fingerprint density at radius 1 is 1.20 bits per heavy atom. The SMILES string of the molecule is CCN1C(=O)C(CC(C)C)NC(=O)C12CCN(Cc1nc3ccccc3n1C)CC2. The first-order valence-electron chi connectivity index (χ1n) is 11.1. The zero-order valence-corrected chi connectivity index (χ0v) is 18.5. The molecule has 4 rings (SSSR count). The third-order valence-electron chi connectivity index (χ3n) is 6.76. The Morgan fingerprint density at radius 3 is 2.53 bits per heavy atom. The van der Waals surface area contributed by atoms with Gasteiger partial charge < -0.3 is 14.8 Å². The van der Waals surface area contributed by atoms with Gasteiger partial charge in [-0.1, -0.05) is 26.0 Å². The molecule has 30 heavy (non-hydrogen) atoms. The topological polar surface area (TPSA) is 70.5 Å². The minimum absolute atomic E-state index is 0.0250. The second-order valence-electron chi connectivity index (χ2n) is 9.12. The standard InChI is InChI=1S/C23H33N5O2/c1-5-28-21(29)18(14-16(2)3)25-22(30)23(28)10-12-27(13-11-23)15-20-24-17-8-6-7-9-19(17)26(20)4/h6-9,16,18H,5,10-15H2,1-4H3,(H,25,30). The summed E-state index contributed by atoms with van der Waals surface area (Å²) in [5.74, 6) is 1.49. The fourth-order valence-corrected chi connectivity index (χ4v) is 5.08. The Labute approximate surface area is 178 Å². The minimum atomic E-state index is -0.706. The van der Waals surface area contributed by atoms with Gasteiger partial charge in [0.25, 0.3) is 0 Å². The van der Waals surface area contributed by atoms with E-state index in [1.54, 1.807) is 0 Å². The number of para-hydroxylation sites is 2.